The minimum Gasteiger partial charge on any atom is -0.507 e. The van der Waals surface area contributed by atoms with E-state index in [1.807, 2.05) is 43.3 Å². The van der Waals surface area contributed by atoms with Crippen LogP contribution in [0.25, 0.3) is 0 Å². The van der Waals surface area contributed by atoms with Crippen molar-refractivity contribution < 1.29 is 19.4 Å². The molecule has 132 valence electrons. The predicted molar refractivity (Wildman–Crippen MR) is 98.7 cm³/mol. The smallest absolute Gasteiger partial charge is 0.342 e. The van der Waals surface area contributed by atoms with Gasteiger partial charge in [-0.25, -0.2) is 4.79 Å². The number of nitrogens with zero attached hydrogens (tertiary/aromatic N) is 1. The van der Waals surface area contributed by atoms with Crippen molar-refractivity contribution >= 4 is 33.5 Å². The molecule has 2 N–H and O–H groups in total. The van der Waals surface area contributed by atoms with Crippen LogP contribution in [0.2, 0.25) is 0 Å². The molecule has 0 saturated heterocycles. The number of benzene rings is 2. The van der Waals surface area contributed by atoms with Gasteiger partial charge >= 0.3 is 5.97 Å². The first-order valence-corrected chi connectivity index (χ1v) is 8.34. The minimum atomic E-state index is -0.760. The van der Waals surface area contributed by atoms with Gasteiger partial charge in [0.2, 0.25) is 0 Å². The van der Waals surface area contributed by atoms with Crippen molar-refractivity contribution in [2.24, 2.45) is 0 Å². The second-order valence-corrected chi connectivity index (χ2v) is 6.49. The van der Waals surface area contributed by atoms with Crippen LogP contribution in [0, 0.1) is 0 Å². The monoisotopic (exact) mass is 406 g/mol. The number of aromatic hydroxyl groups is 1. The van der Waals surface area contributed by atoms with Crippen LogP contribution in [0.1, 0.15) is 15.9 Å². The molecule has 0 fully saturated rings. The van der Waals surface area contributed by atoms with Gasteiger partial charge in [-0.2, -0.15) is 0 Å². The van der Waals surface area contributed by atoms with Crippen molar-refractivity contribution in [3.8, 4) is 5.75 Å². The number of halogens is 1. The molecule has 0 aliphatic carbocycles. The molecular formula is C18H19BrN2O4. The number of ether oxygens (including phenoxy) is 1. The number of phenolic OH excluding ortho intramolecular Hbond substituents is 1. The van der Waals surface area contributed by atoms with Crippen LogP contribution in [0.3, 0.4) is 0 Å². The zero-order valence-corrected chi connectivity index (χ0v) is 15.5. The van der Waals surface area contributed by atoms with E-state index in [1.54, 1.807) is 6.07 Å². The van der Waals surface area contributed by atoms with Crippen molar-refractivity contribution in [3.05, 3.63) is 58.1 Å². The zero-order chi connectivity index (χ0) is 18.4. The Morgan fingerprint density at radius 1 is 1.16 bits per heavy atom. The highest BCUT2D eigenvalue weighted by Gasteiger charge is 2.14. The van der Waals surface area contributed by atoms with Crippen LogP contribution in [-0.2, 0) is 16.1 Å². The van der Waals surface area contributed by atoms with Crippen LogP contribution in [0.5, 0.6) is 5.75 Å². The van der Waals surface area contributed by atoms with Crippen LogP contribution in [-0.4, -0.2) is 37.7 Å². The Bertz CT molecular complexity index is 760. The number of esters is 1. The fraction of sp³-hybridized carbons (Fsp3) is 0.222. The second-order valence-electron chi connectivity index (χ2n) is 5.58. The van der Waals surface area contributed by atoms with Crippen molar-refractivity contribution in [2.45, 2.75) is 6.54 Å². The number of rotatable bonds is 6. The number of hydrogen-bond donors (Lipinski definition) is 2. The van der Waals surface area contributed by atoms with Crippen molar-refractivity contribution in [1.29, 1.82) is 0 Å². The van der Waals surface area contributed by atoms with E-state index in [-0.39, 0.29) is 11.3 Å². The van der Waals surface area contributed by atoms with Gasteiger partial charge in [0.15, 0.2) is 6.61 Å². The molecule has 0 aromatic heterocycles. The first kappa shape index (κ1) is 18.8. The Kier molecular flexibility index (Phi) is 6.41. The fourth-order valence-electron chi connectivity index (χ4n) is 2.04. The molecule has 7 heteroatoms. The normalized spacial score (nSPS) is 10.2. The molecule has 0 radical (unpaired) electrons. The number of amides is 1. The van der Waals surface area contributed by atoms with Crippen molar-refractivity contribution in [1.82, 2.24) is 5.32 Å². The Labute approximate surface area is 154 Å². The van der Waals surface area contributed by atoms with Gasteiger partial charge in [-0.05, 0) is 35.9 Å². The van der Waals surface area contributed by atoms with Gasteiger partial charge < -0.3 is 20.1 Å². The summed E-state index contributed by atoms with van der Waals surface area (Å²) < 4.78 is 5.55. The molecule has 0 heterocycles. The average molecular weight is 407 g/mol. The summed E-state index contributed by atoms with van der Waals surface area (Å²) in [4.78, 5) is 25.7. The fourth-order valence-corrected chi connectivity index (χ4v) is 2.41. The molecule has 0 unspecified atom stereocenters. The van der Waals surface area contributed by atoms with Crippen LogP contribution in [0.4, 0.5) is 5.69 Å². The highest BCUT2D eigenvalue weighted by molar-refractivity contribution is 9.10. The third kappa shape index (κ3) is 5.49. The lowest BCUT2D eigenvalue weighted by molar-refractivity contribution is -0.124. The maximum atomic E-state index is 11.9. The lowest BCUT2D eigenvalue weighted by atomic mass is 10.2. The Balaban J connectivity index is 1.82. The van der Waals surface area contributed by atoms with Gasteiger partial charge in [0, 0.05) is 30.8 Å². The molecule has 0 atom stereocenters. The minimum absolute atomic E-state index is 0.00134. The summed E-state index contributed by atoms with van der Waals surface area (Å²) in [6.45, 7) is -0.0766. The molecule has 0 aliphatic rings. The first-order valence-electron chi connectivity index (χ1n) is 7.55. The topological polar surface area (TPSA) is 78.9 Å². The van der Waals surface area contributed by atoms with E-state index >= 15 is 0 Å². The van der Waals surface area contributed by atoms with Gasteiger partial charge in [0.25, 0.3) is 5.91 Å². The van der Waals surface area contributed by atoms with Gasteiger partial charge in [0.1, 0.15) is 11.3 Å². The number of carbonyl (C=O) groups excluding carboxylic acids is 2. The Morgan fingerprint density at radius 2 is 1.84 bits per heavy atom. The van der Waals surface area contributed by atoms with Gasteiger partial charge in [-0.1, -0.05) is 28.1 Å². The van der Waals surface area contributed by atoms with Crippen LogP contribution in [0.15, 0.2) is 46.9 Å². The molecule has 0 bridgehead atoms. The van der Waals surface area contributed by atoms with Gasteiger partial charge in [-0.15, -0.1) is 0 Å². The summed E-state index contributed by atoms with van der Waals surface area (Å²) in [7, 11) is 3.91. The maximum absolute atomic E-state index is 11.9. The summed E-state index contributed by atoms with van der Waals surface area (Å²) in [5.41, 5.74) is 2.01. The number of anilines is 1. The summed E-state index contributed by atoms with van der Waals surface area (Å²) in [5.74, 6) is -1.38. The molecule has 2 aromatic carbocycles. The number of nitrogens with one attached hydrogen (secondary N) is 1. The van der Waals surface area contributed by atoms with E-state index in [4.69, 9.17) is 4.74 Å². The van der Waals surface area contributed by atoms with Gasteiger partial charge in [0.05, 0.1) is 0 Å². The second kappa shape index (κ2) is 8.53. The summed E-state index contributed by atoms with van der Waals surface area (Å²) in [6, 6.07) is 12.2. The molecule has 6 nitrogen and oxygen atoms in total. The largest absolute Gasteiger partial charge is 0.507 e. The van der Waals surface area contributed by atoms with Crippen LogP contribution < -0.4 is 10.2 Å². The lowest BCUT2D eigenvalue weighted by Gasteiger charge is -2.13. The van der Waals surface area contributed by atoms with Crippen molar-refractivity contribution in [2.75, 3.05) is 25.6 Å². The SMILES string of the molecule is CN(C)c1ccc(CNC(=O)COC(=O)c2cc(Br)ccc2O)cc1. The third-order valence-corrected chi connectivity index (χ3v) is 3.95. The van der Waals surface area contributed by atoms with Crippen LogP contribution >= 0.6 is 15.9 Å². The van der Waals surface area contributed by atoms with E-state index in [2.05, 4.69) is 21.2 Å². The zero-order valence-electron chi connectivity index (χ0n) is 14.0. The quantitative estimate of drug-likeness (QED) is 0.720. The molecular weight excluding hydrogens is 388 g/mol. The van der Waals surface area contributed by atoms with E-state index < -0.39 is 18.5 Å². The van der Waals surface area contributed by atoms with E-state index in [9.17, 15) is 14.7 Å². The van der Waals surface area contributed by atoms with Crippen molar-refractivity contribution in [3.63, 3.8) is 0 Å². The molecule has 1 amide bonds. The summed E-state index contributed by atoms with van der Waals surface area (Å²) in [5, 5.41) is 12.3. The predicted octanol–water partition coefficient (Wildman–Crippen LogP) is 2.69. The highest BCUT2D eigenvalue weighted by atomic mass is 79.9. The number of phenols is 1. The molecule has 0 saturated carbocycles. The summed E-state index contributed by atoms with van der Waals surface area (Å²) in [6.07, 6.45) is 0. The maximum Gasteiger partial charge on any atom is 0.342 e. The van der Waals surface area contributed by atoms with E-state index in [0.717, 1.165) is 11.3 Å². The average Bonchev–Trinajstić information content (AvgIpc) is 2.60. The summed E-state index contributed by atoms with van der Waals surface area (Å²) >= 11 is 3.21. The van der Waals surface area contributed by atoms with E-state index in [1.165, 1.54) is 12.1 Å². The number of hydrogen-bond acceptors (Lipinski definition) is 5. The lowest BCUT2D eigenvalue weighted by Crippen LogP contribution is -2.28. The van der Waals surface area contributed by atoms with E-state index in [0.29, 0.717) is 11.0 Å². The Morgan fingerprint density at radius 3 is 2.48 bits per heavy atom. The first-order chi connectivity index (χ1) is 11.9. The Hall–Kier alpha value is -2.54. The molecule has 0 spiro atoms. The molecule has 2 rings (SSSR count). The standard InChI is InChI=1S/C18H19BrN2O4/c1-21(2)14-6-3-12(4-7-14)10-20-17(23)11-25-18(24)15-9-13(19)5-8-16(15)22/h3-9,22H,10-11H2,1-2H3,(H,20,23). The molecule has 25 heavy (non-hydrogen) atoms. The third-order valence-electron chi connectivity index (χ3n) is 3.46. The van der Waals surface area contributed by atoms with Gasteiger partial charge in [-0.3, -0.25) is 4.79 Å². The molecule has 0 aliphatic heterocycles. The molecule has 2 aromatic rings. The number of carbonyl (C=O) groups is 2. The highest BCUT2D eigenvalue weighted by Crippen LogP contribution is 2.22.